The highest BCUT2D eigenvalue weighted by Gasteiger charge is 2.25. The number of para-hydroxylation sites is 1. The Balaban J connectivity index is 2.38. The third-order valence-electron chi connectivity index (χ3n) is 1.96. The summed E-state index contributed by atoms with van der Waals surface area (Å²) in [6, 6.07) is 9.12. The van der Waals surface area contributed by atoms with Gasteiger partial charge in [-0.2, -0.15) is 5.26 Å². The standard InChI is InChI=1S/C11H7NO3S/c1-14-10(13)7(6-12)11-15-8-4-2-3-5-9(8)16-11/h2-5H,1H3/b11-7-. The lowest BCUT2D eigenvalue weighted by Crippen LogP contribution is -2.06. The molecule has 0 aromatic heterocycles. The molecule has 0 spiro atoms. The summed E-state index contributed by atoms with van der Waals surface area (Å²) in [5.74, 6) is -0.0306. The second kappa shape index (κ2) is 4.29. The quantitative estimate of drug-likeness (QED) is 0.422. The molecule has 2 rings (SSSR count). The predicted octanol–water partition coefficient (Wildman–Crippen LogP) is 2.08. The SMILES string of the molecule is COC(=O)/C(C#N)=C1/Oc2ccccc2S1. The van der Waals surface area contributed by atoms with Gasteiger partial charge in [0.1, 0.15) is 11.8 Å². The number of hydrogen-bond donors (Lipinski definition) is 0. The van der Waals surface area contributed by atoms with Crippen LogP contribution in [-0.2, 0) is 9.53 Å². The Bertz CT molecular complexity index is 489. The summed E-state index contributed by atoms with van der Waals surface area (Å²) in [5, 5.41) is 9.14. The van der Waals surface area contributed by atoms with Gasteiger partial charge in [-0.05, 0) is 23.9 Å². The number of carbonyl (C=O) groups excluding carboxylic acids is 1. The molecule has 0 atom stereocenters. The molecule has 0 N–H and O–H groups in total. The number of benzene rings is 1. The van der Waals surface area contributed by atoms with Crippen molar-refractivity contribution < 1.29 is 14.3 Å². The first kappa shape index (κ1) is 10.6. The molecule has 0 radical (unpaired) electrons. The molecule has 0 amide bonds. The van der Waals surface area contributed by atoms with Gasteiger partial charge in [0.25, 0.3) is 0 Å². The van der Waals surface area contributed by atoms with E-state index in [0.717, 1.165) is 4.90 Å². The van der Waals surface area contributed by atoms with E-state index in [0.29, 0.717) is 5.75 Å². The van der Waals surface area contributed by atoms with Gasteiger partial charge in [-0.15, -0.1) is 0 Å². The number of nitrogens with zero attached hydrogens (tertiary/aromatic N) is 1. The fraction of sp³-hybridized carbons (Fsp3) is 0.0909. The Kier molecular flexibility index (Phi) is 2.84. The topological polar surface area (TPSA) is 59.3 Å². The van der Waals surface area contributed by atoms with Crippen LogP contribution >= 0.6 is 11.8 Å². The molecular weight excluding hydrogens is 226 g/mol. The monoisotopic (exact) mass is 233 g/mol. The van der Waals surface area contributed by atoms with Gasteiger partial charge in [0.2, 0.25) is 0 Å². The first-order chi connectivity index (χ1) is 7.76. The normalized spacial score (nSPS) is 15.8. The van der Waals surface area contributed by atoms with Crippen molar-refractivity contribution in [2.24, 2.45) is 0 Å². The zero-order valence-electron chi connectivity index (χ0n) is 8.39. The molecular formula is C11H7NO3S. The zero-order chi connectivity index (χ0) is 11.5. The van der Waals surface area contributed by atoms with E-state index in [1.54, 1.807) is 12.1 Å². The number of ether oxygens (including phenoxy) is 2. The van der Waals surface area contributed by atoms with Gasteiger partial charge in [0.15, 0.2) is 10.7 Å². The lowest BCUT2D eigenvalue weighted by Gasteiger charge is -2.00. The van der Waals surface area contributed by atoms with E-state index in [1.807, 2.05) is 18.2 Å². The summed E-state index contributed by atoms with van der Waals surface area (Å²) in [6.45, 7) is 0. The number of esters is 1. The minimum absolute atomic E-state index is 0.108. The van der Waals surface area contributed by atoms with Crippen LogP contribution in [0.3, 0.4) is 0 Å². The Hall–Kier alpha value is -1.93. The van der Waals surface area contributed by atoms with Crippen molar-refractivity contribution in [1.82, 2.24) is 0 Å². The maximum atomic E-state index is 11.3. The van der Waals surface area contributed by atoms with Crippen molar-refractivity contribution >= 4 is 17.7 Å². The summed E-state index contributed by atoms with van der Waals surface area (Å²) in [7, 11) is 1.23. The highest BCUT2D eigenvalue weighted by molar-refractivity contribution is 8.03. The lowest BCUT2D eigenvalue weighted by molar-refractivity contribution is -0.135. The summed E-state index contributed by atoms with van der Waals surface area (Å²) in [4.78, 5) is 12.2. The second-order valence-corrected chi connectivity index (χ2v) is 3.93. The van der Waals surface area contributed by atoms with Crippen LogP contribution in [0.15, 0.2) is 39.8 Å². The number of methoxy groups -OCH3 is 1. The Labute approximate surface area is 96.5 Å². The van der Waals surface area contributed by atoms with E-state index in [2.05, 4.69) is 4.74 Å². The molecule has 1 aromatic carbocycles. The minimum atomic E-state index is -0.683. The third kappa shape index (κ3) is 1.75. The van der Waals surface area contributed by atoms with Gasteiger partial charge < -0.3 is 9.47 Å². The number of rotatable bonds is 1. The molecule has 1 heterocycles. The van der Waals surface area contributed by atoms with Gasteiger partial charge in [-0.3, -0.25) is 0 Å². The van der Waals surface area contributed by atoms with Crippen molar-refractivity contribution in [2.75, 3.05) is 7.11 Å². The van der Waals surface area contributed by atoms with Gasteiger partial charge in [0, 0.05) is 0 Å². The molecule has 0 fully saturated rings. The summed E-state index contributed by atoms with van der Waals surface area (Å²) < 4.78 is 9.90. The van der Waals surface area contributed by atoms with E-state index >= 15 is 0 Å². The number of carbonyl (C=O) groups is 1. The first-order valence-corrected chi connectivity index (χ1v) is 5.25. The highest BCUT2D eigenvalue weighted by Crippen LogP contribution is 2.44. The van der Waals surface area contributed by atoms with E-state index < -0.39 is 5.97 Å². The summed E-state index contributed by atoms with van der Waals surface area (Å²) in [6.07, 6.45) is 0. The van der Waals surface area contributed by atoms with Gasteiger partial charge in [-0.1, -0.05) is 12.1 Å². The third-order valence-corrected chi connectivity index (χ3v) is 2.99. The fourth-order valence-electron chi connectivity index (χ4n) is 1.22. The molecule has 0 aliphatic carbocycles. The molecule has 1 aliphatic heterocycles. The Morgan fingerprint density at radius 1 is 1.50 bits per heavy atom. The molecule has 0 unspecified atom stereocenters. The maximum Gasteiger partial charge on any atom is 0.353 e. The van der Waals surface area contributed by atoms with E-state index in [9.17, 15) is 4.79 Å². The molecule has 1 aliphatic rings. The van der Waals surface area contributed by atoms with E-state index in [1.165, 1.54) is 18.9 Å². The number of nitriles is 1. The van der Waals surface area contributed by atoms with Crippen molar-refractivity contribution in [3.63, 3.8) is 0 Å². The molecule has 16 heavy (non-hydrogen) atoms. The molecule has 5 heteroatoms. The van der Waals surface area contributed by atoms with Crippen LogP contribution in [0.5, 0.6) is 5.75 Å². The largest absolute Gasteiger partial charge is 0.465 e. The van der Waals surface area contributed by atoms with Crippen molar-refractivity contribution in [1.29, 1.82) is 5.26 Å². The van der Waals surface area contributed by atoms with Crippen LogP contribution in [0.1, 0.15) is 0 Å². The van der Waals surface area contributed by atoms with Crippen LogP contribution in [0.25, 0.3) is 0 Å². The Morgan fingerprint density at radius 3 is 2.88 bits per heavy atom. The smallest absolute Gasteiger partial charge is 0.353 e. The van der Waals surface area contributed by atoms with Gasteiger partial charge >= 0.3 is 5.97 Å². The lowest BCUT2D eigenvalue weighted by atomic mass is 10.3. The zero-order valence-corrected chi connectivity index (χ0v) is 9.21. The predicted molar refractivity (Wildman–Crippen MR) is 57.6 cm³/mol. The van der Waals surface area contributed by atoms with Gasteiger partial charge in [0.05, 0.1) is 12.0 Å². The highest BCUT2D eigenvalue weighted by atomic mass is 32.2. The molecule has 1 aromatic rings. The number of fused-ring (bicyclic) bond motifs is 1. The van der Waals surface area contributed by atoms with E-state index in [4.69, 9.17) is 10.00 Å². The van der Waals surface area contributed by atoms with Crippen molar-refractivity contribution in [3.8, 4) is 11.8 Å². The van der Waals surface area contributed by atoms with Crippen LogP contribution in [0.4, 0.5) is 0 Å². The summed E-state index contributed by atoms with van der Waals surface area (Å²) >= 11 is 1.25. The molecule has 0 bridgehead atoms. The minimum Gasteiger partial charge on any atom is -0.465 e. The van der Waals surface area contributed by atoms with Crippen molar-refractivity contribution in [3.05, 3.63) is 34.9 Å². The van der Waals surface area contributed by atoms with E-state index in [-0.39, 0.29) is 10.7 Å². The van der Waals surface area contributed by atoms with Crippen LogP contribution < -0.4 is 4.74 Å². The van der Waals surface area contributed by atoms with Gasteiger partial charge in [-0.25, -0.2) is 4.79 Å². The molecule has 80 valence electrons. The first-order valence-electron chi connectivity index (χ1n) is 4.43. The summed E-state index contributed by atoms with van der Waals surface area (Å²) in [5.41, 5.74) is -0.108. The number of hydrogen-bond acceptors (Lipinski definition) is 5. The van der Waals surface area contributed by atoms with Crippen LogP contribution in [0.2, 0.25) is 0 Å². The fourth-order valence-corrected chi connectivity index (χ4v) is 2.14. The average Bonchev–Trinajstić information content (AvgIpc) is 2.72. The number of thioether (sulfide) groups is 1. The second-order valence-electron chi connectivity index (χ2n) is 2.92. The van der Waals surface area contributed by atoms with Crippen LogP contribution in [0, 0.1) is 11.3 Å². The van der Waals surface area contributed by atoms with Crippen molar-refractivity contribution in [2.45, 2.75) is 4.90 Å². The molecule has 0 saturated heterocycles. The molecule has 0 saturated carbocycles. The van der Waals surface area contributed by atoms with Crippen LogP contribution in [-0.4, -0.2) is 13.1 Å². The molecule has 4 nitrogen and oxygen atoms in total. The maximum absolute atomic E-state index is 11.3. The average molecular weight is 233 g/mol. The Morgan fingerprint density at radius 2 is 2.25 bits per heavy atom.